The van der Waals surface area contributed by atoms with Gasteiger partial charge in [0.05, 0.1) is 23.4 Å². The molecule has 0 saturated carbocycles. The molecule has 2 heterocycles. The van der Waals surface area contributed by atoms with Crippen LogP contribution in [0, 0.1) is 18.3 Å². The molecule has 1 saturated heterocycles. The van der Waals surface area contributed by atoms with Gasteiger partial charge in [-0.25, -0.2) is 4.98 Å². The molecule has 4 atom stereocenters. The molecule has 186 valence electrons. The highest BCUT2D eigenvalue weighted by molar-refractivity contribution is 7.99. The number of aryl methyl sites for hydroxylation is 1. The molecule has 4 N–H and O–H groups in total. The Morgan fingerprint density at radius 2 is 1.69 bits per heavy atom. The Kier molecular flexibility index (Phi) is 8.17. The Bertz CT molecular complexity index is 1320. The lowest BCUT2D eigenvalue weighted by Gasteiger charge is -2.34. The van der Waals surface area contributed by atoms with Gasteiger partial charge in [-0.15, -0.1) is 0 Å². The van der Waals surface area contributed by atoms with Gasteiger partial charge < -0.3 is 25.4 Å². The van der Waals surface area contributed by atoms with E-state index in [-0.39, 0.29) is 22.8 Å². The molecule has 2 aromatic carbocycles. The summed E-state index contributed by atoms with van der Waals surface area (Å²) in [5, 5.41) is 44.4. The number of nitrogens with zero attached hydrogens (tertiary/aromatic N) is 2. The minimum atomic E-state index is -1.42. The third-order valence-electron chi connectivity index (χ3n) is 5.60. The number of benzene rings is 2. The fourth-order valence-electron chi connectivity index (χ4n) is 3.77. The Labute approximate surface area is 221 Å². The molecule has 3 aromatic rings. The van der Waals surface area contributed by atoms with Gasteiger partial charge in [-0.1, -0.05) is 47.1 Å². The number of nitrogens with one attached hydrogen (secondary N) is 1. The van der Waals surface area contributed by atoms with Crippen LogP contribution in [0.5, 0.6) is 0 Å². The van der Waals surface area contributed by atoms with E-state index < -0.39 is 29.7 Å². The lowest BCUT2D eigenvalue weighted by molar-refractivity contribution is -0.161. The molecule has 0 unspecified atom stereocenters. The average molecular weight is 546 g/mol. The third-order valence-corrected chi connectivity index (χ3v) is 7.27. The van der Waals surface area contributed by atoms with E-state index in [1.54, 1.807) is 55.5 Å². The van der Waals surface area contributed by atoms with E-state index in [4.69, 9.17) is 27.9 Å². The first-order valence-corrected chi connectivity index (χ1v) is 12.4. The van der Waals surface area contributed by atoms with Crippen LogP contribution >= 0.6 is 35.0 Å². The van der Waals surface area contributed by atoms with Gasteiger partial charge in [0.25, 0.3) is 5.91 Å². The number of anilines is 1. The largest absolute Gasteiger partial charge is 0.388 e. The smallest absolute Gasteiger partial charge is 0.258 e. The highest BCUT2D eigenvalue weighted by Crippen LogP contribution is 2.39. The molecule has 0 bridgehead atoms. The molecule has 0 spiro atoms. The summed E-state index contributed by atoms with van der Waals surface area (Å²) in [5.74, 6) is -0.479. The quantitative estimate of drug-likeness (QED) is 0.377. The number of nitriles is 1. The maximum absolute atomic E-state index is 13.4. The van der Waals surface area contributed by atoms with Crippen molar-refractivity contribution >= 4 is 46.6 Å². The van der Waals surface area contributed by atoms with E-state index in [1.807, 2.05) is 0 Å². The highest BCUT2D eigenvalue weighted by atomic mass is 35.5. The van der Waals surface area contributed by atoms with Gasteiger partial charge in [0.15, 0.2) is 0 Å². The van der Waals surface area contributed by atoms with E-state index in [2.05, 4.69) is 16.4 Å². The van der Waals surface area contributed by atoms with E-state index in [9.17, 15) is 25.4 Å². The number of halogens is 2. The summed E-state index contributed by atoms with van der Waals surface area (Å²) in [6.45, 7) is 1.44. The van der Waals surface area contributed by atoms with Crippen LogP contribution in [0.25, 0.3) is 11.1 Å². The van der Waals surface area contributed by atoms with E-state index in [0.717, 1.165) is 11.8 Å². The van der Waals surface area contributed by atoms with Crippen LogP contribution in [0.3, 0.4) is 0 Å². The van der Waals surface area contributed by atoms with Crippen molar-refractivity contribution in [3.8, 4) is 17.2 Å². The standard InChI is InChI=1S/C25H21Cl2N3O5S/c1-12-19(23(34)30-16-8-6-15(27)7-9-16)20(13-2-4-14(26)5-3-13)17(10-28)24(29-12)36-25-22(33)21(32)18(31)11-35-25/h2-9,18,21-22,25,31-33H,11H2,1H3,(H,30,34)/t18-,21-,22+,25-/m0/s1. The number of aliphatic hydroxyl groups is 3. The number of hydrogen-bond acceptors (Lipinski definition) is 8. The fourth-order valence-corrected chi connectivity index (χ4v) is 5.14. The number of thioether (sulfide) groups is 1. The summed E-state index contributed by atoms with van der Waals surface area (Å²) in [4.78, 5) is 17.9. The van der Waals surface area contributed by atoms with Gasteiger partial charge in [-0.05, 0) is 48.9 Å². The number of aromatic nitrogens is 1. The molecule has 8 nitrogen and oxygen atoms in total. The molecule has 1 aliphatic rings. The van der Waals surface area contributed by atoms with Crippen LogP contribution < -0.4 is 5.32 Å². The first-order valence-electron chi connectivity index (χ1n) is 10.8. The molecule has 1 aliphatic heterocycles. The second-order valence-corrected chi connectivity index (χ2v) is 10.0. The van der Waals surface area contributed by atoms with Crippen molar-refractivity contribution in [1.82, 2.24) is 4.98 Å². The summed E-state index contributed by atoms with van der Waals surface area (Å²) >= 11 is 12.9. The molecule has 36 heavy (non-hydrogen) atoms. The van der Waals surface area contributed by atoms with Gasteiger partial charge in [-0.3, -0.25) is 4.79 Å². The molecule has 11 heteroatoms. The van der Waals surface area contributed by atoms with Crippen LogP contribution in [0.2, 0.25) is 10.0 Å². The SMILES string of the molecule is Cc1nc(S[C@@H]2OC[C@H](O)[C@H](O)[C@H]2O)c(C#N)c(-c2ccc(Cl)cc2)c1C(=O)Nc1ccc(Cl)cc1. The van der Waals surface area contributed by atoms with Crippen molar-refractivity contribution in [2.45, 2.75) is 35.7 Å². The van der Waals surface area contributed by atoms with Crippen molar-refractivity contribution in [1.29, 1.82) is 5.26 Å². The zero-order chi connectivity index (χ0) is 26.0. The Morgan fingerprint density at radius 3 is 2.31 bits per heavy atom. The predicted molar refractivity (Wildman–Crippen MR) is 137 cm³/mol. The van der Waals surface area contributed by atoms with E-state index in [0.29, 0.717) is 32.6 Å². The second-order valence-electron chi connectivity index (χ2n) is 8.08. The van der Waals surface area contributed by atoms with Gasteiger partial charge in [0.2, 0.25) is 0 Å². The maximum Gasteiger partial charge on any atom is 0.258 e. The number of amides is 1. The number of carbonyl (C=O) groups excluding carboxylic acids is 1. The monoisotopic (exact) mass is 545 g/mol. The van der Waals surface area contributed by atoms with Crippen molar-refractivity contribution in [2.75, 3.05) is 11.9 Å². The second kappa shape index (κ2) is 11.2. The van der Waals surface area contributed by atoms with Gasteiger partial charge in [0, 0.05) is 21.3 Å². The topological polar surface area (TPSA) is 136 Å². The predicted octanol–water partition coefficient (Wildman–Crippen LogP) is 4.02. The van der Waals surface area contributed by atoms with Crippen LogP contribution in [-0.2, 0) is 4.74 Å². The minimum absolute atomic E-state index is 0.0885. The summed E-state index contributed by atoms with van der Waals surface area (Å²) in [6, 6.07) is 15.4. The van der Waals surface area contributed by atoms with Crippen LogP contribution in [0.15, 0.2) is 53.6 Å². The van der Waals surface area contributed by atoms with E-state index >= 15 is 0 Å². The Hall–Kier alpha value is -2.68. The molecule has 4 rings (SSSR count). The number of pyridine rings is 1. The number of rotatable bonds is 5. The van der Waals surface area contributed by atoms with Crippen molar-refractivity contribution < 1.29 is 24.9 Å². The van der Waals surface area contributed by atoms with E-state index in [1.165, 1.54) is 0 Å². The molecule has 0 radical (unpaired) electrons. The third kappa shape index (κ3) is 5.51. The van der Waals surface area contributed by atoms with Gasteiger partial charge in [-0.2, -0.15) is 5.26 Å². The summed E-state index contributed by atoms with van der Waals surface area (Å²) in [5.41, 5.74) is 1.02. The summed E-state index contributed by atoms with van der Waals surface area (Å²) in [6.07, 6.45) is -4.06. The summed E-state index contributed by atoms with van der Waals surface area (Å²) < 4.78 is 5.49. The van der Waals surface area contributed by atoms with Crippen molar-refractivity contribution in [3.63, 3.8) is 0 Å². The molecular formula is C25H21Cl2N3O5S. The van der Waals surface area contributed by atoms with Crippen LogP contribution in [-0.4, -0.2) is 56.6 Å². The van der Waals surface area contributed by atoms with Crippen molar-refractivity contribution in [3.05, 3.63) is 75.4 Å². The lowest BCUT2D eigenvalue weighted by atomic mass is 9.94. The zero-order valence-electron chi connectivity index (χ0n) is 18.9. The number of hydrogen-bond donors (Lipinski definition) is 4. The van der Waals surface area contributed by atoms with Crippen LogP contribution in [0.4, 0.5) is 5.69 Å². The average Bonchev–Trinajstić information content (AvgIpc) is 2.86. The first kappa shape index (κ1) is 26.4. The summed E-state index contributed by atoms with van der Waals surface area (Å²) in [7, 11) is 0. The van der Waals surface area contributed by atoms with Crippen LogP contribution in [0.1, 0.15) is 21.6 Å². The number of ether oxygens (including phenoxy) is 1. The molecule has 1 amide bonds. The Morgan fingerprint density at radius 1 is 1.08 bits per heavy atom. The molecule has 1 fully saturated rings. The first-order chi connectivity index (χ1) is 17.2. The number of aliphatic hydroxyl groups excluding tert-OH is 3. The highest BCUT2D eigenvalue weighted by Gasteiger charge is 2.39. The minimum Gasteiger partial charge on any atom is -0.388 e. The fraction of sp³-hybridized carbons (Fsp3) is 0.240. The molecule has 1 aromatic heterocycles. The lowest BCUT2D eigenvalue weighted by Crippen LogP contribution is -2.51. The maximum atomic E-state index is 13.4. The zero-order valence-corrected chi connectivity index (χ0v) is 21.2. The number of carbonyl (C=O) groups is 1. The van der Waals surface area contributed by atoms with Crippen molar-refractivity contribution in [2.24, 2.45) is 0 Å². The molecular weight excluding hydrogens is 525 g/mol. The van der Waals surface area contributed by atoms with Gasteiger partial charge >= 0.3 is 0 Å². The Balaban J connectivity index is 1.81. The van der Waals surface area contributed by atoms with Gasteiger partial charge in [0.1, 0.15) is 34.8 Å². The molecule has 0 aliphatic carbocycles. The normalized spacial score (nSPS) is 21.6.